The van der Waals surface area contributed by atoms with E-state index < -0.39 is 33.6 Å². The lowest BCUT2D eigenvalue weighted by Gasteiger charge is -2.40. The van der Waals surface area contributed by atoms with Gasteiger partial charge in [0.15, 0.2) is 9.84 Å². The number of benzene rings is 2. The van der Waals surface area contributed by atoms with E-state index in [0.29, 0.717) is 5.56 Å². The molecule has 2 aromatic carbocycles. The second-order valence-electron chi connectivity index (χ2n) is 7.60. The van der Waals surface area contributed by atoms with Crippen LogP contribution >= 0.6 is 0 Å². The highest BCUT2D eigenvalue weighted by Crippen LogP contribution is 2.41. The molecule has 10 heteroatoms. The SMILES string of the molecule is CC1=C(C#N)[C@@H](c2ccc(C)cc2S(C)(=O)=O)N(C)C(=O)N1c1cccc(C(F)(F)F)c1. The fraction of sp³-hybridized carbons (Fsp3) is 0.273. The standard InChI is InChI=1S/C22H20F3N3O3S/c1-13-8-9-17(19(10-13)32(4,30)31)20-18(12-26)14(2)28(21(29)27(20)3)16-7-5-6-15(11-16)22(23,24)25/h5-11,20H,1-4H3/t20-/m1/s1. The van der Waals surface area contributed by atoms with Crippen molar-refractivity contribution in [3.8, 4) is 6.07 Å². The lowest BCUT2D eigenvalue weighted by molar-refractivity contribution is -0.137. The number of alkyl halides is 3. The maximum atomic E-state index is 13.2. The number of hydrogen-bond donors (Lipinski definition) is 0. The van der Waals surface area contributed by atoms with Gasteiger partial charge in [-0.1, -0.05) is 18.2 Å². The monoisotopic (exact) mass is 463 g/mol. The number of allylic oxidation sites excluding steroid dienone is 1. The highest BCUT2D eigenvalue weighted by atomic mass is 32.2. The summed E-state index contributed by atoms with van der Waals surface area (Å²) in [5.74, 6) is 0. The Morgan fingerprint density at radius 1 is 1.09 bits per heavy atom. The number of urea groups is 1. The fourth-order valence-corrected chi connectivity index (χ4v) is 4.75. The van der Waals surface area contributed by atoms with Gasteiger partial charge in [0, 0.05) is 19.0 Å². The first-order valence-electron chi connectivity index (χ1n) is 9.43. The van der Waals surface area contributed by atoms with Gasteiger partial charge >= 0.3 is 12.2 Å². The van der Waals surface area contributed by atoms with E-state index >= 15 is 0 Å². The summed E-state index contributed by atoms with van der Waals surface area (Å²) >= 11 is 0. The van der Waals surface area contributed by atoms with Crippen LogP contribution in [0.1, 0.15) is 29.7 Å². The van der Waals surface area contributed by atoms with E-state index in [4.69, 9.17) is 0 Å². The van der Waals surface area contributed by atoms with Crippen molar-refractivity contribution in [3.63, 3.8) is 0 Å². The first-order chi connectivity index (χ1) is 14.8. The van der Waals surface area contributed by atoms with Gasteiger partial charge in [-0.25, -0.2) is 13.2 Å². The van der Waals surface area contributed by atoms with Gasteiger partial charge in [-0.15, -0.1) is 0 Å². The molecular formula is C22H20F3N3O3S. The van der Waals surface area contributed by atoms with E-state index in [-0.39, 0.29) is 27.4 Å². The highest BCUT2D eigenvalue weighted by molar-refractivity contribution is 7.90. The van der Waals surface area contributed by atoms with Gasteiger partial charge in [0.2, 0.25) is 0 Å². The number of rotatable bonds is 3. The van der Waals surface area contributed by atoms with Gasteiger partial charge in [0.05, 0.1) is 33.8 Å². The zero-order chi connectivity index (χ0) is 24.0. The van der Waals surface area contributed by atoms with Crippen LogP contribution in [0.2, 0.25) is 0 Å². The molecular weight excluding hydrogens is 443 g/mol. The number of aryl methyl sites for hydroxylation is 1. The highest BCUT2D eigenvalue weighted by Gasteiger charge is 2.40. The summed E-state index contributed by atoms with van der Waals surface area (Å²) in [6.45, 7) is 3.17. The molecule has 0 radical (unpaired) electrons. The normalized spacial score (nSPS) is 17.6. The molecule has 0 bridgehead atoms. The number of anilines is 1. The van der Waals surface area contributed by atoms with Crippen LogP contribution in [0.3, 0.4) is 0 Å². The lowest BCUT2D eigenvalue weighted by atomic mass is 9.93. The van der Waals surface area contributed by atoms with Crippen LogP contribution in [0.25, 0.3) is 0 Å². The number of carbonyl (C=O) groups excluding carboxylic acids is 1. The molecule has 0 spiro atoms. The largest absolute Gasteiger partial charge is 0.416 e. The number of nitrogens with zero attached hydrogens (tertiary/aromatic N) is 3. The van der Waals surface area contributed by atoms with Crippen LogP contribution in [0.15, 0.2) is 58.6 Å². The summed E-state index contributed by atoms with van der Waals surface area (Å²) < 4.78 is 64.4. The van der Waals surface area contributed by atoms with E-state index in [1.54, 1.807) is 19.1 Å². The first-order valence-corrected chi connectivity index (χ1v) is 11.3. The van der Waals surface area contributed by atoms with E-state index in [1.165, 1.54) is 32.2 Å². The Hall–Kier alpha value is -3.32. The maximum absolute atomic E-state index is 13.2. The third kappa shape index (κ3) is 4.08. The Balaban J connectivity index is 2.24. The number of amides is 2. The molecule has 3 rings (SSSR count). The van der Waals surface area contributed by atoms with Gasteiger partial charge < -0.3 is 4.90 Å². The van der Waals surface area contributed by atoms with Crippen molar-refractivity contribution in [2.24, 2.45) is 0 Å². The maximum Gasteiger partial charge on any atom is 0.416 e. The number of likely N-dealkylation sites (N-methyl/N-ethyl adjacent to an activating group) is 1. The summed E-state index contributed by atoms with van der Waals surface area (Å²) in [6, 6.07) is 9.24. The zero-order valence-electron chi connectivity index (χ0n) is 17.7. The summed E-state index contributed by atoms with van der Waals surface area (Å²) in [5.41, 5.74) is 0.125. The smallest absolute Gasteiger partial charge is 0.315 e. The first kappa shape index (κ1) is 23.3. The molecule has 1 atom stereocenters. The van der Waals surface area contributed by atoms with Crippen molar-refractivity contribution >= 4 is 21.6 Å². The second-order valence-corrected chi connectivity index (χ2v) is 9.59. The number of halogens is 3. The van der Waals surface area contributed by atoms with E-state index in [1.807, 2.05) is 6.07 Å². The molecule has 0 aliphatic carbocycles. The predicted octanol–water partition coefficient (Wildman–Crippen LogP) is 4.83. The van der Waals surface area contributed by atoms with E-state index in [0.717, 1.165) is 28.2 Å². The second kappa shape index (κ2) is 7.98. The van der Waals surface area contributed by atoms with Gasteiger partial charge in [-0.3, -0.25) is 4.90 Å². The fourth-order valence-electron chi connectivity index (χ4n) is 3.74. The summed E-state index contributed by atoms with van der Waals surface area (Å²) in [5, 5.41) is 9.89. The van der Waals surface area contributed by atoms with Crippen LogP contribution < -0.4 is 4.90 Å². The average molecular weight is 463 g/mol. The topological polar surface area (TPSA) is 81.5 Å². The van der Waals surface area contributed by atoms with Gasteiger partial charge in [-0.05, 0) is 49.2 Å². The van der Waals surface area contributed by atoms with Gasteiger partial charge in [0.25, 0.3) is 0 Å². The van der Waals surface area contributed by atoms with Crippen molar-refractivity contribution in [3.05, 3.63) is 70.4 Å². The molecule has 0 saturated carbocycles. The number of nitriles is 1. The predicted molar refractivity (Wildman–Crippen MR) is 112 cm³/mol. The average Bonchev–Trinajstić information content (AvgIpc) is 2.70. The number of hydrogen-bond acceptors (Lipinski definition) is 4. The molecule has 2 aromatic rings. The number of carbonyl (C=O) groups is 1. The quantitative estimate of drug-likeness (QED) is 0.653. The van der Waals surface area contributed by atoms with E-state index in [9.17, 15) is 31.6 Å². The molecule has 0 saturated heterocycles. The minimum absolute atomic E-state index is 0.0183. The van der Waals surface area contributed by atoms with Crippen LogP contribution in [0.5, 0.6) is 0 Å². The summed E-state index contributed by atoms with van der Waals surface area (Å²) in [4.78, 5) is 15.4. The molecule has 32 heavy (non-hydrogen) atoms. The van der Waals surface area contributed by atoms with Crippen molar-refractivity contribution in [1.82, 2.24) is 4.90 Å². The van der Waals surface area contributed by atoms with Crippen LogP contribution in [0, 0.1) is 18.3 Å². The molecule has 6 nitrogen and oxygen atoms in total. The molecule has 1 aliphatic rings. The molecule has 0 aromatic heterocycles. The molecule has 168 valence electrons. The molecule has 2 amide bonds. The Kier molecular flexibility index (Phi) is 5.82. The minimum Gasteiger partial charge on any atom is -0.315 e. The van der Waals surface area contributed by atoms with Crippen LogP contribution in [-0.4, -0.2) is 32.7 Å². The van der Waals surface area contributed by atoms with E-state index in [2.05, 4.69) is 0 Å². The van der Waals surface area contributed by atoms with Crippen molar-refractivity contribution in [2.45, 2.75) is 31.0 Å². The Morgan fingerprint density at radius 3 is 2.31 bits per heavy atom. The summed E-state index contributed by atoms with van der Waals surface area (Å²) in [7, 11) is -2.31. The minimum atomic E-state index is -4.61. The van der Waals surface area contributed by atoms with Gasteiger partial charge in [-0.2, -0.15) is 18.4 Å². The van der Waals surface area contributed by atoms with Crippen molar-refractivity contribution in [2.75, 3.05) is 18.2 Å². The number of sulfone groups is 1. The molecule has 0 fully saturated rings. The van der Waals surface area contributed by atoms with Crippen molar-refractivity contribution in [1.29, 1.82) is 5.26 Å². The molecule has 0 N–H and O–H groups in total. The molecule has 0 unspecified atom stereocenters. The Morgan fingerprint density at radius 2 is 1.75 bits per heavy atom. The lowest BCUT2D eigenvalue weighted by Crippen LogP contribution is -2.47. The third-order valence-electron chi connectivity index (χ3n) is 5.29. The Labute approximate surface area is 184 Å². The van der Waals surface area contributed by atoms with Crippen LogP contribution in [-0.2, 0) is 16.0 Å². The molecule has 1 aliphatic heterocycles. The van der Waals surface area contributed by atoms with Crippen LogP contribution in [0.4, 0.5) is 23.7 Å². The zero-order valence-corrected chi connectivity index (χ0v) is 18.5. The van der Waals surface area contributed by atoms with Crippen molar-refractivity contribution < 1.29 is 26.4 Å². The Bertz CT molecular complexity index is 1280. The van der Waals surface area contributed by atoms with Gasteiger partial charge in [0.1, 0.15) is 0 Å². The molecule has 1 heterocycles. The summed E-state index contributed by atoms with van der Waals surface area (Å²) in [6.07, 6.45) is -3.57. The third-order valence-corrected chi connectivity index (χ3v) is 6.45.